The van der Waals surface area contributed by atoms with Crippen LogP contribution in [0.2, 0.25) is 0 Å². The highest BCUT2D eigenvalue weighted by atomic mass is 19.1. The normalized spacial score (nSPS) is 15.9. The van der Waals surface area contributed by atoms with Crippen molar-refractivity contribution in [3.8, 4) is 0 Å². The molecule has 1 aliphatic rings. The average Bonchev–Trinajstić information content (AvgIpc) is 2.78. The topological polar surface area (TPSA) is 111 Å². The van der Waals surface area contributed by atoms with Gasteiger partial charge in [0.25, 0.3) is 5.91 Å². The zero-order valence-corrected chi connectivity index (χ0v) is 16.4. The van der Waals surface area contributed by atoms with E-state index in [0.29, 0.717) is 5.56 Å². The van der Waals surface area contributed by atoms with Gasteiger partial charge in [0.05, 0.1) is 5.69 Å². The molecule has 0 fully saturated rings. The number of para-hydroxylation sites is 1. The third kappa shape index (κ3) is 4.45. The lowest BCUT2D eigenvalue weighted by atomic mass is 9.97. The molecule has 1 unspecified atom stereocenters. The van der Waals surface area contributed by atoms with Crippen LogP contribution in [0.4, 0.5) is 14.9 Å². The molecule has 2 aromatic rings. The molecule has 0 aromatic heterocycles. The highest BCUT2D eigenvalue weighted by Gasteiger charge is 2.34. The first kappa shape index (κ1) is 21.0. The number of carbonyl (C=O) groups excluding carboxylic acids is 2. The van der Waals surface area contributed by atoms with Crippen LogP contribution in [0.15, 0.2) is 53.5 Å². The molecule has 1 atom stereocenters. The van der Waals surface area contributed by atoms with Crippen molar-refractivity contribution in [1.82, 2.24) is 10.6 Å². The monoisotopic (exact) mass is 412 g/mol. The number of amides is 3. The summed E-state index contributed by atoms with van der Waals surface area (Å²) in [7, 11) is 0. The van der Waals surface area contributed by atoms with Gasteiger partial charge in [-0.25, -0.2) is 9.18 Å². The summed E-state index contributed by atoms with van der Waals surface area (Å²) in [6.07, 6.45) is 0. The highest BCUT2D eigenvalue weighted by molar-refractivity contribution is 6.45. The Labute approximate surface area is 172 Å². The Hall–Kier alpha value is -3.75. The second-order valence-corrected chi connectivity index (χ2v) is 7.00. The van der Waals surface area contributed by atoms with Crippen molar-refractivity contribution in [1.29, 1.82) is 0 Å². The molecular formula is C21H21FN4O4. The van der Waals surface area contributed by atoms with Crippen molar-refractivity contribution in [3.63, 3.8) is 0 Å². The minimum absolute atomic E-state index is 0.193. The Morgan fingerprint density at radius 2 is 1.77 bits per heavy atom. The maximum absolute atomic E-state index is 14.6. The molecule has 1 aliphatic heterocycles. The molecule has 1 heterocycles. The first-order chi connectivity index (χ1) is 14.3. The van der Waals surface area contributed by atoms with E-state index in [-0.39, 0.29) is 23.1 Å². The number of carboxylic acid groups (broad SMARTS) is 1. The van der Waals surface area contributed by atoms with Crippen LogP contribution in [0, 0.1) is 5.82 Å². The van der Waals surface area contributed by atoms with Gasteiger partial charge in [0.15, 0.2) is 5.84 Å². The zero-order chi connectivity index (χ0) is 21.8. The van der Waals surface area contributed by atoms with E-state index in [1.807, 2.05) is 0 Å². The molecule has 156 valence electrons. The number of anilines is 1. The maximum atomic E-state index is 14.6. The van der Waals surface area contributed by atoms with Gasteiger partial charge in [0.2, 0.25) is 0 Å². The second-order valence-electron chi connectivity index (χ2n) is 7.00. The van der Waals surface area contributed by atoms with Crippen LogP contribution in [0.1, 0.15) is 31.0 Å². The Kier molecular flexibility index (Phi) is 6.10. The van der Waals surface area contributed by atoms with Gasteiger partial charge in [0, 0.05) is 17.2 Å². The van der Waals surface area contributed by atoms with Crippen LogP contribution >= 0.6 is 0 Å². The number of nitrogens with zero attached hydrogens (tertiary/aromatic N) is 2. The Bertz CT molecular complexity index is 1020. The highest BCUT2D eigenvalue weighted by Crippen LogP contribution is 2.36. The van der Waals surface area contributed by atoms with Crippen LogP contribution in [-0.4, -0.2) is 41.4 Å². The van der Waals surface area contributed by atoms with Crippen molar-refractivity contribution < 1.29 is 23.9 Å². The summed E-state index contributed by atoms with van der Waals surface area (Å²) in [5.41, 5.74) is 0.916. The van der Waals surface area contributed by atoms with Crippen LogP contribution in [0.3, 0.4) is 0 Å². The summed E-state index contributed by atoms with van der Waals surface area (Å²) in [5.74, 6) is -2.96. The van der Waals surface area contributed by atoms with Gasteiger partial charge in [-0.2, -0.15) is 0 Å². The second kappa shape index (κ2) is 8.73. The molecule has 0 bridgehead atoms. The van der Waals surface area contributed by atoms with Gasteiger partial charge in [0.1, 0.15) is 18.4 Å². The Balaban J connectivity index is 2.17. The molecule has 8 nitrogen and oxygen atoms in total. The third-order valence-corrected chi connectivity index (χ3v) is 4.37. The van der Waals surface area contributed by atoms with Gasteiger partial charge < -0.3 is 10.4 Å². The Morgan fingerprint density at radius 3 is 2.40 bits per heavy atom. The number of halogens is 1. The Morgan fingerprint density at radius 1 is 1.13 bits per heavy atom. The molecule has 30 heavy (non-hydrogen) atoms. The zero-order valence-electron chi connectivity index (χ0n) is 16.4. The molecule has 0 aliphatic carbocycles. The van der Waals surface area contributed by atoms with Gasteiger partial charge in [-0.05, 0) is 26.0 Å². The van der Waals surface area contributed by atoms with E-state index in [1.165, 1.54) is 18.2 Å². The minimum atomic E-state index is -1.24. The molecule has 3 rings (SSSR count). The fraction of sp³-hybridized carbons (Fsp3) is 0.238. The molecule has 9 heteroatoms. The summed E-state index contributed by atoms with van der Waals surface area (Å²) in [6, 6.07) is 10.7. The van der Waals surface area contributed by atoms with Crippen LogP contribution < -0.4 is 15.5 Å². The van der Waals surface area contributed by atoms with Gasteiger partial charge in [-0.1, -0.05) is 36.4 Å². The molecule has 0 radical (unpaired) electrons. The maximum Gasteiger partial charge on any atom is 0.323 e. The lowest BCUT2D eigenvalue weighted by Gasteiger charge is -2.22. The summed E-state index contributed by atoms with van der Waals surface area (Å²) >= 11 is 0. The first-order valence-corrected chi connectivity index (χ1v) is 9.30. The summed E-state index contributed by atoms with van der Waals surface area (Å²) in [6.45, 7) is 2.84. The van der Waals surface area contributed by atoms with E-state index in [0.717, 1.165) is 4.90 Å². The molecule has 0 spiro atoms. The number of rotatable bonds is 4. The van der Waals surface area contributed by atoms with Crippen LogP contribution in [-0.2, 0) is 9.59 Å². The SMILES string of the molecule is CC(C)NC(=O)NC1=NC(c2ccccc2F)c2ccccc2N(CC(=O)O)C1=O. The minimum Gasteiger partial charge on any atom is -0.480 e. The van der Waals surface area contributed by atoms with E-state index < -0.39 is 36.3 Å². The van der Waals surface area contributed by atoms with E-state index in [9.17, 15) is 23.9 Å². The fourth-order valence-electron chi connectivity index (χ4n) is 3.17. The molecule has 3 N–H and O–H groups in total. The first-order valence-electron chi connectivity index (χ1n) is 9.30. The van der Waals surface area contributed by atoms with Crippen LogP contribution in [0.25, 0.3) is 0 Å². The third-order valence-electron chi connectivity index (χ3n) is 4.37. The standard InChI is InChI=1S/C21H21FN4O4/c1-12(2)23-21(30)25-19-20(29)26(11-17(27)28)16-10-6-4-8-14(16)18(24-19)13-7-3-5-9-15(13)22/h3-10,12,18H,11H2,1-2H3,(H,27,28)(H2,23,24,25,30). The predicted molar refractivity (Wildman–Crippen MR) is 109 cm³/mol. The molecule has 0 saturated heterocycles. The smallest absolute Gasteiger partial charge is 0.323 e. The van der Waals surface area contributed by atoms with Crippen molar-refractivity contribution in [3.05, 3.63) is 65.5 Å². The summed E-state index contributed by atoms with van der Waals surface area (Å²) in [5, 5.41) is 14.3. The number of hydrogen-bond acceptors (Lipinski definition) is 4. The van der Waals surface area contributed by atoms with E-state index >= 15 is 0 Å². The number of aliphatic imine (C=N–C) groups is 1. The number of benzene rings is 2. The van der Waals surface area contributed by atoms with Crippen molar-refractivity contribution in [2.24, 2.45) is 4.99 Å². The number of aliphatic carboxylic acids is 1. The van der Waals surface area contributed by atoms with E-state index in [1.54, 1.807) is 44.2 Å². The average molecular weight is 412 g/mol. The summed E-state index contributed by atoms with van der Waals surface area (Å²) < 4.78 is 14.6. The largest absolute Gasteiger partial charge is 0.480 e. The van der Waals surface area contributed by atoms with Gasteiger partial charge in [-0.15, -0.1) is 0 Å². The molecule has 2 aromatic carbocycles. The van der Waals surface area contributed by atoms with Crippen molar-refractivity contribution >= 4 is 29.4 Å². The van der Waals surface area contributed by atoms with Crippen molar-refractivity contribution in [2.75, 3.05) is 11.4 Å². The number of carboxylic acids is 1. The predicted octanol–water partition coefficient (Wildman–Crippen LogP) is 2.45. The number of fused-ring (bicyclic) bond motifs is 1. The molecule has 3 amide bonds. The lowest BCUT2D eigenvalue weighted by molar-refractivity contribution is -0.136. The quantitative estimate of drug-likeness (QED) is 0.716. The number of carbonyl (C=O) groups is 3. The van der Waals surface area contributed by atoms with Gasteiger partial charge in [-0.3, -0.25) is 24.8 Å². The lowest BCUT2D eigenvalue weighted by Crippen LogP contribution is -2.50. The van der Waals surface area contributed by atoms with Gasteiger partial charge >= 0.3 is 12.0 Å². The number of hydrogen-bond donors (Lipinski definition) is 3. The number of urea groups is 1. The number of amidine groups is 1. The van der Waals surface area contributed by atoms with Crippen LogP contribution in [0.5, 0.6) is 0 Å². The fourth-order valence-corrected chi connectivity index (χ4v) is 3.17. The molecule has 0 saturated carbocycles. The van der Waals surface area contributed by atoms with E-state index in [4.69, 9.17) is 0 Å². The molecular weight excluding hydrogens is 391 g/mol. The number of nitrogens with one attached hydrogen (secondary N) is 2. The van der Waals surface area contributed by atoms with E-state index in [2.05, 4.69) is 15.6 Å². The van der Waals surface area contributed by atoms with Crippen molar-refractivity contribution in [2.45, 2.75) is 25.9 Å². The summed E-state index contributed by atoms with van der Waals surface area (Å²) in [4.78, 5) is 42.1.